The average Bonchev–Trinajstić information content (AvgIpc) is 2.53. The van der Waals surface area contributed by atoms with E-state index in [4.69, 9.17) is 11.5 Å². The van der Waals surface area contributed by atoms with Crippen molar-refractivity contribution in [2.24, 2.45) is 0 Å². The average molecular weight is 342 g/mol. The molecule has 0 bridgehead atoms. The number of rotatable bonds is 0. The van der Waals surface area contributed by atoms with Gasteiger partial charge in [0.15, 0.2) is 0 Å². The minimum atomic E-state index is 0. The zero-order valence-electron chi connectivity index (χ0n) is 9.96. The zero-order chi connectivity index (χ0) is 10.4. The van der Waals surface area contributed by atoms with Gasteiger partial charge in [0.1, 0.15) is 0 Å². The molecular weight excluding hydrogens is 326 g/mol. The van der Waals surface area contributed by atoms with Crippen LogP contribution in [0.15, 0.2) is 36.4 Å². The summed E-state index contributed by atoms with van der Waals surface area (Å²) in [6, 6.07) is 12.2. The molecule has 0 spiro atoms. The van der Waals surface area contributed by atoms with Crippen molar-refractivity contribution in [3.63, 3.8) is 0 Å². The molecule has 1 aliphatic carbocycles. The molecule has 0 aliphatic heterocycles. The summed E-state index contributed by atoms with van der Waals surface area (Å²) in [5, 5.41) is 0. The fourth-order valence-corrected chi connectivity index (χ4v) is 2.25. The highest BCUT2D eigenvalue weighted by Crippen LogP contribution is 2.38. The van der Waals surface area contributed by atoms with Crippen molar-refractivity contribution in [1.29, 1.82) is 0 Å². The summed E-state index contributed by atoms with van der Waals surface area (Å²) < 4.78 is 0. The number of fused-ring (bicyclic) bond motifs is 3. The van der Waals surface area contributed by atoms with E-state index in [2.05, 4.69) is 12.1 Å². The quantitative estimate of drug-likeness (QED) is 0.604. The van der Waals surface area contributed by atoms with Crippen LogP contribution in [0.3, 0.4) is 0 Å². The highest BCUT2D eigenvalue weighted by atomic mass is 35.5. The third-order valence-electron chi connectivity index (χ3n) is 2.93. The monoisotopic (exact) mass is 340 g/mol. The van der Waals surface area contributed by atoms with Crippen molar-refractivity contribution < 1.29 is 0 Å². The Labute approximate surface area is 137 Å². The van der Waals surface area contributed by atoms with Gasteiger partial charge in [-0.3, -0.25) is 0 Å². The van der Waals surface area contributed by atoms with Gasteiger partial charge in [-0.05, 0) is 52.9 Å². The van der Waals surface area contributed by atoms with Gasteiger partial charge in [0.05, 0.1) is 0 Å². The molecular formula is C13H16Cl4N2. The Morgan fingerprint density at radius 1 is 0.632 bits per heavy atom. The summed E-state index contributed by atoms with van der Waals surface area (Å²) in [4.78, 5) is 0. The fraction of sp³-hybridized carbons (Fsp3) is 0.0769. The first-order chi connectivity index (χ1) is 7.24. The predicted molar refractivity (Wildman–Crippen MR) is 92.5 cm³/mol. The summed E-state index contributed by atoms with van der Waals surface area (Å²) in [6.07, 6.45) is 0.945. The minimum Gasteiger partial charge on any atom is -0.399 e. The van der Waals surface area contributed by atoms with E-state index in [1.54, 1.807) is 0 Å². The number of hydrogen-bond acceptors (Lipinski definition) is 2. The molecule has 0 heterocycles. The lowest BCUT2D eigenvalue weighted by atomic mass is 10.1. The topological polar surface area (TPSA) is 52.0 Å². The second-order valence-corrected chi connectivity index (χ2v) is 4.01. The van der Waals surface area contributed by atoms with Gasteiger partial charge >= 0.3 is 0 Å². The van der Waals surface area contributed by atoms with E-state index in [9.17, 15) is 0 Å². The molecule has 2 aromatic rings. The molecule has 0 amide bonds. The number of anilines is 2. The van der Waals surface area contributed by atoms with Crippen LogP contribution in [0.1, 0.15) is 11.1 Å². The Bertz CT molecular complexity index is 509. The molecule has 19 heavy (non-hydrogen) atoms. The van der Waals surface area contributed by atoms with E-state index in [0.717, 1.165) is 17.8 Å². The lowest BCUT2D eigenvalue weighted by molar-refractivity contribution is 1.27. The number of nitrogens with two attached hydrogens (primary N) is 2. The van der Waals surface area contributed by atoms with Crippen LogP contribution in [0.25, 0.3) is 11.1 Å². The van der Waals surface area contributed by atoms with Crippen LogP contribution in [-0.2, 0) is 6.42 Å². The van der Waals surface area contributed by atoms with Gasteiger partial charge < -0.3 is 11.5 Å². The van der Waals surface area contributed by atoms with Crippen molar-refractivity contribution in [2.45, 2.75) is 6.42 Å². The summed E-state index contributed by atoms with van der Waals surface area (Å²) in [5.74, 6) is 0. The number of hydrogen-bond donors (Lipinski definition) is 2. The first kappa shape index (κ1) is 20.5. The van der Waals surface area contributed by atoms with Gasteiger partial charge in [0.2, 0.25) is 0 Å². The van der Waals surface area contributed by atoms with Crippen LogP contribution in [0.2, 0.25) is 0 Å². The second-order valence-electron chi connectivity index (χ2n) is 4.01. The second kappa shape index (κ2) is 7.71. The molecule has 0 unspecified atom stereocenters. The van der Waals surface area contributed by atoms with E-state index in [1.807, 2.05) is 24.3 Å². The number of benzene rings is 2. The van der Waals surface area contributed by atoms with Crippen molar-refractivity contribution in [2.75, 3.05) is 11.5 Å². The van der Waals surface area contributed by atoms with Crippen LogP contribution in [0.5, 0.6) is 0 Å². The maximum absolute atomic E-state index is 5.77. The molecule has 106 valence electrons. The van der Waals surface area contributed by atoms with Crippen molar-refractivity contribution in [3.8, 4) is 11.1 Å². The van der Waals surface area contributed by atoms with Crippen LogP contribution in [0, 0.1) is 0 Å². The molecule has 0 fully saturated rings. The lowest BCUT2D eigenvalue weighted by Gasteiger charge is -2.01. The Kier molecular flexibility index (Phi) is 8.32. The van der Waals surface area contributed by atoms with Crippen LogP contribution >= 0.6 is 49.6 Å². The van der Waals surface area contributed by atoms with Crippen LogP contribution < -0.4 is 11.5 Å². The molecule has 4 N–H and O–H groups in total. The van der Waals surface area contributed by atoms with Gasteiger partial charge in [0, 0.05) is 11.4 Å². The van der Waals surface area contributed by atoms with E-state index >= 15 is 0 Å². The van der Waals surface area contributed by atoms with Gasteiger partial charge in [-0.25, -0.2) is 0 Å². The zero-order valence-corrected chi connectivity index (χ0v) is 13.2. The highest BCUT2D eigenvalue weighted by molar-refractivity contribution is 5.86. The standard InChI is InChI=1S/C13H12N2.4ClH/c14-10-1-3-12-8(6-10)5-9-7-11(15)2-4-13(9)12;;;;/h1-4,6-7H,5,14-15H2;4*1H. The smallest absolute Gasteiger partial charge is 0.0317 e. The number of nitrogen functional groups attached to an aromatic ring is 2. The predicted octanol–water partition coefficient (Wildman–Crippen LogP) is 4.11. The normalized spacial score (nSPS) is 9.68. The van der Waals surface area contributed by atoms with E-state index in [1.165, 1.54) is 22.3 Å². The van der Waals surface area contributed by atoms with Gasteiger partial charge in [-0.15, -0.1) is 49.6 Å². The highest BCUT2D eigenvalue weighted by Gasteiger charge is 2.17. The maximum Gasteiger partial charge on any atom is 0.0317 e. The maximum atomic E-state index is 5.77. The van der Waals surface area contributed by atoms with E-state index in [0.29, 0.717) is 0 Å². The molecule has 1 aliphatic rings. The molecule has 0 aromatic heterocycles. The van der Waals surface area contributed by atoms with Crippen molar-refractivity contribution in [3.05, 3.63) is 47.5 Å². The molecule has 2 nitrogen and oxygen atoms in total. The Hall–Kier alpha value is -0.800. The molecule has 3 rings (SSSR count). The molecule has 2 aromatic carbocycles. The molecule has 0 radical (unpaired) electrons. The third kappa shape index (κ3) is 3.61. The van der Waals surface area contributed by atoms with Crippen LogP contribution in [0.4, 0.5) is 11.4 Å². The Morgan fingerprint density at radius 3 is 1.37 bits per heavy atom. The van der Waals surface area contributed by atoms with Gasteiger partial charge in [-0.1, -0.05) is 12.1 Å². The Morgan fingerprint density at radius 2 is 1.00 bits per heavy atom. The van der Waals surface area contributed by atoms with Crippen molar-refractivity contribution >= 4 is 61.0 Å². The van der Waals surface area contributed by atoms with E-state index < -0.39 is 0 Å². The lowest BCUT2D eigenvalue weighted by Crippen LogP contribution is -1.87. The van der Waals surface area contributed by atoms with Crippen LogP contribution in [-0.4, -0.2) is 0 Å². The SMILES string of the molecule is Cl.Cl.Cl.Cl.Nc1ccc2c(c1)Cc1cc(N)ccc1-2. The number of halogens is 4. The molecule has 6 heteroatoms. The molecule has 0 saturated carbocycles. The summed E-state index contributed by atoms with van der Waals surface area (Å²) in [6.45, 7) is 0. The van der Waals surface area contributed by atoms with Gasteiger partial charge in [0.25, 0.3) is 0 Å². The third-order valence-corrected chi connectivity index (χ3v) is 2.93. The summed E-state index contributed by atoms with van der Waals surface area (Å²) >= 11 is 0. The first-order valence-electron chi connectivity index (χ1n) is 5.01. The van der Waals surface area contributed by atoms with Gasteiger partial charge in [-0.2, -0.15) is 0 Å². The minimum absolute atomic E-state index is 0. The largest absolute Gasteiger partial charge is 0.399 e. The summed E-state index contributed by atoms with van der Waals surface area (Å²) in [5.41, 5.74) is 18.4. The van der Waals surface area contributed by atoms with E-state index in [-0.39, 0.29) is 49.6 Å². The Balaban J connectivity index is 0. The fourth-order valence-electron chi connectivity index (χ4n) is 2.25. The molecule has 0 saturated heterocycles. The first-order valence-corrected chi connectivity index (χ1v) is 5.01. The van der Waals surface area contributed by atoms with Crippen molar-refractivity contribution in [1.82, 2.24) is 0 Å². The summed E-state index contributed by atoms with van der Waals surface area (Å²) in [7, 11) is 0. The molecule has 0 atom stereocenters.